The lowest BCUT2D eigenvalue weighted by molar-refractivity contribution is 0.0930. The van der Waals surface area contributed by atoms with Crippen LogP contribution in [0.1, 0.15) is 23.2 Å². The van der Waals surface area contributed by atoms with Crippen molar-refractivity contribution in [3.8, 4) is 0 Å². The minimum absolute atomic E-state index is 0.00162. The highest BCUT2D eigenvalue weighted by molar-refractivity contribution is 9.10. The molecule has 0 aliphatic carbocycles. The van der Waals surface area contributed by atoms with Gasteiger partial charge in [0.15, 0.2) is 0 Å². The van der Waals surface area contributed by atoms with Crippen LogP contribution in [-0.2, 0) is 10.8 Å². The van der Waals surface area contributed by atoms with E-state index in [1.54, 1.807) is 6.07 Å². The third kappa shape index (κ3) is 3.38. The zero-order valence-corrected chi connectivity index (χ0v) is 12.0. The fourth-order valence-electron chi connectivity index (χ4n) is 1.87. The topological polar surface area (TPSA) is 46.2 Å². The van der Waals surface area contributed by atoms with Gasteiger partial charge in [-0.1, -0.05) is 15.9 Å². The molecule has 98 valence electrons. The average molecular weight is 334 g/mol. The maximum atomic E-state index is 13.6. The highest BCUT2D eigenvalue weighted by atomic mass is 79.9. The van der Waals surface area contributed by atoms with Crippen LogP contribution in [0.15, 0.2) is 22.7 Å². The average Bonchev–Trinajstić information content (AvgIpc) is 2.32. The first-order valence-electron chi connectivity index (χ1n) is 5.67. The molecule has 0 spiro atoms. The molecule has 1 amide bonds. The molecule has 6 heteroatoms. The Hall–Kier alpha value is -0.750. The molecule has 1 aliphatic rings. The number of carbonyl (C=O) groups is 1. The maximum absolute atomic E-state index is 13.6. The van der Waals surface area contributed by atoms with Crippen LogP contribution >= 0.6 is 15.9 Å². The van der Waals surface area contributed by atoms with Gasteiger partial charge >= 0.3 is 0 Å². The summed E-state index contributed by atoms with van der Waals surface area (Å²) < 4.78 is 25.4. The van der Waals surface area contributed by atoms with Crippen molar-refractivity contribution in [3.05, 3.63) is 34.1 Å². The summed E-state index contributed by atoms with van der Waals surface area (Å²) in [5.74, 6) is 0.264. The molecule has 1 aromatic carbocycles. The quantitative estimate of drug-likeness (QED) is 0.902. The highest BCUT2D eigenvalue weighted by Crippen LogP contribution is 2.16. The molecule has 1 fully saturated rings. The minimum Gasteiger partial charge on any atom is -0.349 e. The lowest BCUT2D eigenvalue weighted by atomic mass is 10.1. The molecule has 1 heterocycles. The van der Waals surface area contributed by atoms with E-state index in [0.717, 1.165) is 0 Å². The van der Waals surface area contributed by atoms with Gasteiger partial charge in [0.25, 0.3) is 5.91 Å². The highest BCUT2D eigenvalue weighted by Gasteiger charge is 2.21. The van der Waals surface area contributed by atoms with E-state index in [0.29, 0.717) is 28.8 Å². The second-order valence-corrected chi connectivity index (χ2v) is 6.83. The summed E-state index contributed by atoms with van der Waals surface area (Å²) in [5.41, 5.74) is 0.0462. The van der Waals surface area contributed by atoms with Crippen LogP contribution in [0.3, 0.4) is 0 Å². The number of hydrogen-bond donors (Lipinski definition) is 1. The van der Waals surface area contributed by atoms with Gasteiger partial charge in [0, 0.05) is 32.8 Å². The van der Waals surface area contributed by atoms with Gasteiger partial charge < -0.3 is 5.32 Å². The van der Waals surface area contributed by atoms with Gasteiger partial charge in [-0.05, 0) is 31.0 Å². The van der Waals surface area contributed by atoms with Crippen LogP contribution in [0.25, 0.3) is 0 Å². The molecule has 0 bridgehead atoms. The Balaban J connectivity index is 2.01. The summed E-state index contributed by atoms with van der Waals surface area (Å²) in [7, 11) is -0.759. The van der Waals surface area contributed by atoms with Gasteiger partial charge in [0.05, 0.1) is 5.56 Å². The van der Waals surface area contributed by atoms with Crippen LogP contribution in [0.4, 0.5) is 4.39 Å². The third-order valence-corrected chi connectivity index (χ3v) is 4.77. The Labute approximate surface area is 116 Å². The van der Waals surface area contributed by atoms with Crippen LogP contribution in [-0.4, -0.2) is 27.7 Å². The van der Waals surface area contributed by atoms with E-state index in [1.807, 2.05) is 0 Å². The molecule has 18 heavy (non-hydrogen) atoms. The molecule has 2 rings (SSSR count). The third-order valence-electron chi connectivity index (χ3n) is 2.90. The van der Waals surface area contributed by atoms with E-state index in [9.17, 15) is 13.4 Å². The fraction of sp³-hybridized carbons (Fsp3) is 0.417. The fourth-order valence-corrected chi connectivity index (χ4v) is 3.51. The van der Waals surface area contributed by atoms with Gasteiger partial charge in [0.1, 0.15) is 5.82 Å². The Bertz CT molecular complexity index is 485. The first-order valence-corrected chi connectivity index (χ1v) is 7.95. The molecule has 1 aromatic rings. The van der Waals surface area contributed by atoms with Gasteiger partial charge in [0.2, 0.25) is 0 Å². The zero-order valence-electron chi connectivity index (χ0n) is 9.62. The van der Waals surface area contributed by atoms with Crippen LogP contribution < -0.4 is 5.32 Å². The van der Waals surface area contributed by atoms with E-state index in [-0.39, 0.29) is 11.6 Å². The van der Waals surface area contributed by atoms with Gasteiger partial charge in [-0.15, -0.1) is 0 Å². The van der Waals surface area contributed by atoms with Gasteiger partial charge in [-0.3, -0.25) is 9.00 Å². The first-order chi connectivity index (χ1) is 8.56. The van der Waals surface area contributed by atoms with Crippen molar-refractivity contribution >= 4 is 32.6 Å². The number of carbonyl (C=O) groups excluding carboxylic acids is 1. The maximum Gasteiger partial charge on any atom is 0.254 e. The molecule has 0 atom stereocenters. The number of hydrogen-bond acceptors (Lipinski definition) is 2. The normalized spacial score (nSPS) is 23.7. The van der Waals surface area contributed by atoms with E-state index in [2.05, 4.69) is 21.2 Å². The molecule has 0 radical (unpaired) electrons. The summed E-state index contributed by atoms with van der Waals surface area (Å²) in [4.78, 5) is 11.9. The Morgan fingerprint density at radius 2 is 2.06 bits per heavy atom. The number of benzene rings is 1. The van der Waals surface area contributed by atoms with Gasteiger partial charge in [-0.25, -0.2) is 4.39 Å². The minimum atomic E-state index is -0.759. The lowest BCUT2D eigenvalue weighted by Crippen LogP contribution is -2.39. The SMILES string of the molecule is O=C(NC1CCS(=O)CC1)c1ccc(Br)cc1F. The number of nitrogens with one attached hydrogen (secondary N) is 1. The van der Waals surface area contributed by atoms with Crippen LogP contribution in [0.2, 0.25) is 0 Å². The molecule has 3 nitrogen and oxygen atoms in total. The molecular formula is C12H13BrFNO2S. The summed E-state index contributed by atoms with van der Waals surface area (Å²) in [6.07, 6.45) is 1.38. The van der Waals surface area contributed by atoms with Crippen molar-refractivity contribution in [2.24, 2.45) is 0 Å². The first kappa shape index (κ1) is 13.7. The molecule has 0 unspecified atom stereocenters. The number of amides is 1. The smallest absolute Gasteiger partial charge is 0.254 e. The number of rotatable bonds is 2. The molecule has 1 saturated heterocycles. The molecule has 0 aromatic heterocycles. The van der Waals surface area contributed by atoms with Crippen molar-refractivity contribution in [2.45, 2.75) is 18.9 Å². The van der Waals surface area contributed by atoms with E-state index in [4.69, 9.17) is 0 Å². The van der Waals surface area contributed by atoms with Crippen molar-refractivity contribution in [1.82, 2.24) is 5.32 Å². The predicted molar refractivity (Wildman–Crippen MR) is 72.5 cm³/mol. The standard InChI is InChI=1S/C12H13BrFNO2S/c13-8-1-2-10(11(14)7-8)12(16)15-9-3-5-18(17)6-4-9/h1-2,7,9H,3-6H2,(H,15,16). The summed E-state index contributed by atoms with van der Waals surface area (Å²) >= 11 is 3.14. The van der Waals surface area contributed by atoms with Crippen molar-refractivity contribution < 1.29 is 13.4 Å². The molecule has 1 N–H and O–H groups in total. The van der Waals surface area contributed by atoms with Crippen molar-refractivity contribution in [1.29, 1.82) is 0 Å². The van der Waals surface area contributed by atoms with E-state index >= 15 is 0 Å². The van der Waals surface area contributed by atoms with E-state index in [1.165, 1.54) is 12.1 Å². The zero-order chi connectivity index (χ0) is 13.1. The molecule has 1 aliphatic heterocycles. The van der Waals surface area contributed by atoms with Crippen LogP contribution in [0, 0.1) is 5.82 Å². The summed E-state index contributed by atoms with van der Waals surface area (Å²) in [6.45, 7) is 0. The monoisotopic (exact) mass is 333 g/mol. The summed E-state index contributed by atoms with van der Waals surface area (Å²) in [6, 6.07) is 4.35. The Kier molecular flexibility index (Phi) is 4.50. The van der Waals surface area contributed by atoms with Crippen molar-refractivity contribution in [3.63, 3.8) is 0 Å². The second-order valence-electron chi connectivity index (χ2n) is 4.22. The molecular weight excluding hydrogens is 321 g/mol. The Morgan fingerprint density at radius 1 is 1.39 bits per heavy atom. The van der Waals surface area contributed by atoms with Crippen LogP contribution in [0.5, 0.6) is 0 Å². The van der Waals surface area contributed by atoms with E-state index < -0.39 is 22.5 Å². The lowest BCUT2D eigenvalue weighted by Gasteiger charge is -2.22. The summed E-state index contributed by atoms with van der Waals surface area (Å²) in [5, 5.41) is 2.79. The number of halogens is 2. The Morgan fingerprint density at radius 3 is 2.67 bits per heavy atom. The largest absolute Gasteiger partial charge is 0.349 e. The predicted octanol–water partition coefficient (Wildman–Crippen LogP) is 2.23. The second kappa shape index (κ2) is 5.93. The van der Waals surface area contributed by atoms with Crippen molar-refractivity contribution in [2.75, 3.05) is 11.5 Å². The van der Waals surface area contributed by atoms with Gasteiger partial charge in [-0.2, -0.15) is 0 Å². The molecule has 0 saturated carbocycles.